The molecule has 1 aromatic rings. The lowest BCUT2D eigenvalue weighted by Crippen LogP contribution is -2.10. The van der Waals surface area contributed by atoms with Gasteiger partial charge in [0.1, 0.15) is 6.10 Å². The molecule has 64 valence electrons. The molecule has 1 heterocycles. The SMILES string of the molecule is CCC(=O)[C@@H](O)c1ccncc1. The maximum atomic E-state index is 11.0. The molecular weight excluding hydrogens is 154 g/mol. The number of Topliss-reactive ketones (excluding diaryl/α,β-unsaturated/α-hetero) is 1. The minimum atomic E-state index is -0.988. The van der Waals surface area contributed by atoms with E-state index in [1.165, 1.54) is 0 Å². The Morgan fingerprint density at radius 2 is 2.17 bits per heavy atom. The molecule has 0 aliphatic rings. The van der Waals surface area contributed by atoms with Gasteiger partial charge in [0.05, 0.1) is 0 Å². The Morgan fingerprint density at radius 1 is 1.58 bits per heavy atom. The average molecular weight is 165 g/mol. The number of aliphatic hydroxyl groups is 1. The van der Waals surface area contributed by atoms with E-state index in [4.69, 9.17) is 0 Å². The highest BCUT2D eigenvalue weighted by atomic mass is 16.3. The number of carbonyl (C=O) groups excluding carboxylic acids is 1. The lowest BCUT2D eigenvalue weighted by Gasteiger charge is -2.06. The van der Waals surface area contributed by atoms with Crippen molar-refractivity contribution in [1.82, 2.24) is 4.98 Å². The van der Waals surface area contributed by atoms with Crippen molar-refractivity contribution in [3.63, 3.8) is 0 Å². The van der Waals surface area contributed by atoms with E-state index in [1.807, 2.05) is 0 Å². The van der Waals surface area contributed by atoms with Crippen LogP contribution in [-0.2, 0) is 4.79 Å². The van der Waals surface area contributed by atoms with Crippen LogP contribution in [0.5, 0.6) is 0 Å². The summed E-state index contributed by atoms with van der Waals surface area (Å²) in [5.74, 6) is -0.166. The largest absolute Gasteiger partial charge is 0.381 e. The van der Waals surface area contributed by atoms with Gasteiger partial charge in [0.15, 0.2) is 5.78 Å². The third-order valence-corrected chi connectivity index (χ3v) is 1.68. The molecule has 0 saturated carbocycles. The van der Waals surface area contributed by atoms with E-state index in [0.717, 1.165) is 0 Å². The van der Waals surface area contributed by atoms with Crippen LogP contribution in [0.3, 0.4) is 0 Å². The van der Waals surface area contributed by atoms with E-state index in [2.05, 4.69) is 4.98 Å². The summed E-state index contributed by atoms with van der Waals surface area (Å²) in [6.45, 7) is 1.73. The Bertz CT molecular complexity index is 258. The standard InChI is InChI=1S/C9H11NO2/c1-2-8(11)9(12)7-3-5-10-6-4-7/h3-6,9,12H,2H2,1H3/t9-/m0/s1. The van der Waals surface area contributed by atoms with Crippen LogP contribution >= 0.6 is 0 Å². The molecule has 0 unspecified atom stereocenters. The fourth-order valence-corrected chi connectivity index (χ4v) is 0.925. The highest BCUT2D eigenvalue weighted by Crippen LogP contribution is 2.13. The zero-order chi connectivity index (χ0) is 8.97. The molecule has 1 rings (SSSR count). The van der Waals surface area contributed by atoms with Crippen LogP contribution in [0.25, 0.3) is 0 Å². The first-order chi connectivity index (χ1) is 5.75. The molecule has 0 amide bonds. The summed E-state index contributed by atoms with van der Waals surface area (Å²) in [4.78, 5) is 14.8. The predicted octanol–water partition coefficient (Wildman–Crippen LogP) is 1.09. The molecule has 0 bridgehead atoms. The van der Waals surface area contributed by atoms with Gasteiger partial charge in [0, 0.05) is 18.8 Å². The van der Waals surface area contributed by atoms with Gasteiger partial charge in [0.25, 0.3) is 0 Å². The summed E-state index contributed by atoms with van der Waals surface area (Å²) in [6.07, 6.45) is 2.48. The molecule has 0 saturated heterocycles. The number of ketones is 1. The second kappa shape index (κ2) is 3.97. The average Bonchev–Trinajstić information content (AvgIpc) is 2.17. The quantitative estimate of drug-likeness (QED) is 0.729. The van der Waals surface area contributed by atoms with Crippen molar-refractivity contribution in [2.24, 2.45) is 0 Å². The molecule has 0 spiro atoms. The van der Waals surface area contributed by atoms with Crippen molar-refractivity contribution in [3.05, 3.63) is 30.1 Å². The zero-order valence-electron chi connectivity index (χ0n) is 6.90. The van der Waals surface area contributed by atoms with Crippen molar-refractivity contribution < 1.29 is 9.90 Å². The van der Waals surface area contributed by atoms with Crippen molar-refractivity contribution in [3.8, 4) is 0 Å². The van der Waals surface area contributed by atoms with Gasteiger partial charge in [0.2, 0.25) is 0 Å². The highest BCUT2D eigenvalue weighted by Gasteiger charge is 2.13. The number of hydrogen-bond acceptors (Lipinski definition) is 3. The van der Waals surface area contributed by atoms with Crippen LogP contribution in [-0.4, -0.2) is 15.9 Å². The normalized spacial score (nSPS) is 12.5. The monoisotopic (exact) mass is 165 g/mol. The van der Waals surface area contributed by atoms with E-state index < -0.39 is 6.10 Å². The van der Waals surface area contributed by atoms with Gasteiger partial charge >= 0.3 is 0 Å². The molecule has 0 fully saturated rings. The van der Waals surface area contributed by atoms with Crippen molar-refractivity contribution in [2.75, 3.05) is 0 Å². The number of aromatic nitrogens is 1. The van der Waals surface area contributed by atoms with Crippen LogP contribution in [0.15, 0.2) is 24.5 Å². The maximum Gasteiger partial charge on any atom is 0.165 e. The lowest BCUT2D eigenvalue weighted by atomic mass is 10.1. The smallest absolute Gasteiger partial charge is 0.165 e. The highest BCUT2D eigenvalue weighted by molar-refractivity contribution is 5.83. The number of rotatable bonds is 3. The number of pyridine rings is 1. The molecule has 0 radical (unpaired) electrons. The second-order valence-electron chi connectivity index (χ2n) is 2.50. The van der Waals surface area contributed by atoms with E-state index >= 15 is 0 Å². The topological polar surface area (TPSA) is 50.2 Å². The van der Waals surface area contributed by atoms with Gasteiger partial charge in [-0.2, -0.15) is 0 Å². The van der Waals surface area contributed by atoms with Crippen molar-refractivity contribution in [2.45, 2.75) is 19.4 Å². The number of hydrogen-bond donors (Lipinski definition) is 1. The van der Waals surface area contributed by atoms with Gasteiger partial charge in [-0.15, -0.1) is 0 Å². The van der Waals surface area contributed by atoms with Crippen LogP contribution in [0.4, 0.5) is 0 Å². The number of carbonyl (C=O) groups is 1. The van der Waals surface area contributed by atoms with Gasteiger partial charge in [-0.3, -0.25) is 9.78 Å². The maximum absolute atomic E-state index is 11.0. The van der Waals surface area contributed by atoms with Crippen LogP contribution in [0.1, 0.15) is 25.0 Å². The molecule has 12 heavy (non-hydrogen) atoms. The number of aliphatic hydroxyl groups excluding tert-OH is 1. The fourth-order valence-electron chi connectivity index (χ4n) is 0.925. The first kappa shape index (κ1) is 8.87. The molecule has 3 nitrogen and oxygen atoms in total. The van der Waals surface area contributed by atoms with Crippen LogP contribution in [0.2, 0.25) is 0 Å². The van der Waals surface area contributed by atoms with E-state index in [9.17, 15) is 9.90 Å². The number of nitrogens with zero attached hydrogens (tertiary/aromatic N) is 1. The Labute approximate surface area is 71.1 Å². The Balaban J connectivity index is 2.78. The van der Waals surface area contributed by atoms with Crippen molar-refractivity contribution in [1.29, 1.82) is 0 Å². The van der Waals surface area contributed by atoms with Crippen LogP contribution in [0, 0.1) is 0 Å². The first-order valence-electron chi connectivity index (χ1n) is 3.86. The lowest BCUT2D eigenvalue weighted by molar-refractivity contribution is -0.127. The molecule has 0 aliphatic heterocycles. The Kier molecular flexibility index (Phi) is 2.94. The van der Waals surface area contributed by atoms with Crippen LogP contribution < -0.4 is 0 Å². The van der Waals surface area contributed by atoms with Gasteiger partial charge in [-0.25, -0.2) is 0 Å². The van der Waals surface area contributed by atoms with Gasteiger partial charge < -0.3 is 5.11 Å². The predicted molar refractivity (Wildman–Crippen MR) is 44.5 cm³/mol. The minimum absolute atomic E-state index is 0.166. The second-order valence-corrected chi connectivity index (χ2v) is 2.50. The first-order valence-corrected chi connectivity index (χ1v) is 3.86. The molecule has 0 aromatic carbocycles. The summed E-state index contributed by atoms with van der Waals surface area (Å²) < 4.78 is 0. The fraction of sp³-hybridized carbons (Fsp3) is 0.333. The summed E-state index contributed by atoms with van der Waals surface area (Å²) in [5.41, 5.74) is 0.608. The Morgan fingerprint density at radius 3 is 2.67 bits per heavy atom. The molecule has 1 atom stereocenters. The third kappa shape index (κ3) is 1.89. The van der Waals surface area contributed by atoms with E-state index in [1.54, 1.807) is 31.5 Å². The molecule has 1 N–H and O–H groups in total. The van der Waals surface area contributed by atoms with E-state index in [-0.39, 0.29) is 5.78 Å². The summed E-state index contributed by atoms with van der Waals surface area (Å²) >= 11 is 0. The summed E-state index contributed by atoms with van der Waals surface area (Å²) in [5, 5.41) is 9.41. The van der Waals surface area contributed by atoms with Gasteiger partial charge in [-0.1, -0.05) is 6.92 Å². The van der Waals surface area contributed by atoms with E-state index in [0.29, 0.717) is 12.0 Å². The third-order valence-electron chi connectivity index (χ3n) is 1.68. The van der Waals surface area contributed by atoms with Gasteiger partial charge in [-0.05, 0) is 17.7 Å². The molecule has 1 aromatic heterocycles. The zero-order valence-corrected chi connectivity index (χ0v) is 6.90. The molecular formula is C9H11NO2. The minimum Gasteiger partial charge on any atom is -0.381 e. The summed E-state index contributed by atoms with van der Waals surface area (Å²) in [6, 6.07) is 3.27. The van der Waals surface area contributed by atoms with Crippen molar-refractivity contribution >= 4 is 5.78 Å². The summed E-state index contributed by atoms with van der Waals surface area (Å²) in [7, 11) is 0. The Hall–Kier alpha value is -1.22. The molecule has 3 heteroatoms. The molecule has 0 aliphatic carbocycles.